The van der Waals surface area contributed by atoms with E-state index < -0.39 is 0 Å². The van der Waals surface area contributed by atoms with Crippen molar-refractivity contribution < 1.29 is 4.43 Å². The summed E-state index contributed by atoms with van der Waals surface area (Å²) in [7, 11) is 0.434. The van der Waals surface area contributed by atoms with E-state index in [9.17, 15) is 0 Å². The van der Waals surface area contributed by atoms with Crippen LogP contribution < -0.4 is 0 Å². The van der Waals surface area contributed by atoms with E-state index in [1.165, 1.54) is 48.4 Å². The zero-order valence-electron chi connectivity index (χ0n) is 15.2. The Hall–Kier alpha value is -1.64. The van der Waals surface area contributed by atoms with Gasteiger partial charge in [0.05, 0.1) is 6.10 Å². The van der Waals surface area contributed by atoms with Gasteiger partial charge in [0, 0.05) is 0 Å². The Balaban J connectivity index is 1.36. The lowest BCUT2D eigenvalue weighted by atomic mass is 9.55. The van der Waals surface area contributed by atoms with Crippen molar-refractivity contribution in [2.45, 2.75) is 38.2 Å². The number of hydrogen-bond donors (Lipinski definition) is 0. The van der Waals surface area contributed by atoms with E-state index in [2.05, 4.69) is 66.7 Å². The summed E-state index contributed by atoms with van der Waals surface area (Å²) in [6.07, 6.45) is 10.0. The Morgan fingerprint density at radius 3 is 1.96 bits per heavy atom. The van der Waals surface area contributed by atoms with Crippen LogP contribution in [0.5, 0.6) is 0 Å². The number of rotatable bonds is 5. The highest BCUT2D eigenvalue weighted by atomic mass is 28.2. The third kappa shape index (κ3) is 3.33. The first-order valence-electron chi connectivity index (χ1n) is 10.1. The summed E-state index contributed by atoms with van der Waals surface area (Å²) in [6, 6.07) is 21.4. The van der Waals surface area contributed by atoms with Crippen LogP contribution in [0, 0.1) is 23.7 Å². The Labute approximate surface area is 159 Å². The molecule has 2 aromatic carbocycles. The monoisotopic (exact) mass is 358 g/mol. The van der Waals surface area contributed by atoms with Crippen LogP contribution in [0.4, 0.5) is 0 Å². The standard InChI is InChI=1S/C24H26OSi/c1-3-7-17(8-4-1)16-23(20-9-5-2-6-10-20)26-25-24-21-12-18-11-19(14-21)15-22(24)13-18/h1-10,16,18-19,21-22,24H,11-15H2/b23-16-. The van der Waals surface area contributed by atoms with Gasteiger partial charge in [-0.2, -0.15) is 0 Å². The molecule has 2 radical (unpaired) electrons. The average Bonchev–Trinajstić information content (AvgIpc) is 2.67. The largest absolute Gasteiger partial charge is 0.408 e. The van der Waals surface area contributed by atoms with Gasteiger partial charge in [0.25, 0.3) is 9.76 Å². The molecule has 4 saturated carbocycles. The molecule has 26 heavy (non-hydrogen) atoms. The zero-order chi connectivity index (χ0) is 17.3. The van der Waals surface area contributed by atoms with Gasteiger partial charge < -0.3 is 4.43 Å². The van der Waals surface area contributed by atoms with Crippen LogP contribution in [-0.4, -0.2) is 15.9 Å². The smallest absolute Gasteiger partial charge is 0.269 e. The highest BCUT2D eigenvalue weighted by Crippen LogP contribution is 2.54. The minimum Gasteiger partial charge on any atom is -0.408 e. The van der Waals surface area contributed by atoms with Gasteiger partial charge in [-0.25, -0.2) is 0 Å². The Kier molecular flexibility index (Phi) is 4.56. The minimum absolute atomic E-state index is 0.434. The van der Waals surface area contributed by atoms with Crippen molar-refractivity contribution in [3.8, 4) is 0 Å². The van der Waals surface area contributed by atoms with Crippen LogP contribution in [0.15, 0.2) is 60.7 Å². The van der Waals surface area contributed by atoms with Gasteiger partial charge >= 0.3 is 0 Å². The first kappa shape index (κ1) is 16.5. The first-order valence-corrected chi connectivity index (χ1v) is 11.0. The van der Waals surface area contributed by atoms with Crippen LogP contribution in [-0.2, 0) is 4.43 Å². The molecule has 2 heteroatoms. The second kappa shape index (κ2) is 7.17. The van der Waals surface area contributed by atoms with Crippen LogP contribution in [0.2, 0.25) is 0 Å². The second-order valence-electron chi connectivity index (χ2n) is 8.45. The molecular formula is C24H26OSi. The lowest BCUT2D eigenvalue weighted by Crippen LogP contribution is -2.49. The topological polar surface area (TPSA) is 9.23 Å². The Bertz CT molecular complexity index is 739. The fourth-order valence-electron chi connectivity index (χ4n) is 5.70. The summed E-state index contributed by atoms with van der Waals surface area (Å²) < 4.78 is 6.67. The molecule has 4 fully saturated rings. The molecule has 0 heterocycles. The summed E-state index contributed by atoms with van der Waals surface area (Å²) >= 11 is 0. The molecule has 0 amide bonds. The first-order chi connectivity index (χ1) is 12.8. The molecule has 2 aromatic rings. The van der Waals surface area contributed by atoms with Crippen molar-refractivity contribution in [2.75, 3.05) is 0 Å². The predicted molar refractivity (Wildman–Crippen MR) is 108 cm³/mol. The summed E-state index contributed by atoms with van der Waals surface area (Å²) in [5.74, 6) is 3.67. The van der Waals surface area contributed by atoms with Crippen LogP contribution in [0.3, 0.4) is 0 Å². The van der Waals surface area contributed by atoms with Crippen molar-refractivity contribution in [3.63, 3.8) is 0 Å². The summed E-state index contributed by atoms with van der Waals surface area (Å²) in [5, 5.41) is 1.32. The lowest BCUT2D eigenvalue weighted by Gasteiger charge is -2.54. The van der Waals surface area contributed by atoms with E-state index in [1.54, 1.807) is 0 Å². The van der Waals surface area contributed by atoms with Crippen molar-refractivity contribution in [2.24, 2.45) is 23.7 Å². The van der Waals surface area contributed by atoms with Crippen molar-refractivity contribution in [1.82, 2.24) is 0 Å². The fourth-order valence-corrected chi connectivity index (χ4v) is 6.86. The summed E-state index contributed by atoms with van der Waals surface area (Å²) in [6.45, 7) is 0. The van der Waals surface area contributed by atoms with Gasteiger partial charge in [0.1, 0.15) is 0 Å². The van der Waals surface area contributed by atoms with E-state index in [4.69, 9.17) is 4.43 Å². The van der Waals surface area contributed by atoms with Gasteiger partial charge in [-0.1, -0.05) is 66.7 Å². The molecule has 4 aliphatic carbocycles. The fraction of sp³-hybridized carbons (Fsp3) is 0.417. The SMILES string of the molecule is C(=C(/[Si]OC1C2CC3CC(C2)CC1C3)c1ccccc1)/c1ccccc1. The minimum atomic E-state index is 0.434. The summed E-state index contributed by atoms with van der Waals surface area (Å²) in [5.41, 5.74) is 2.55. The third-order valence-electron chi connectivity index (χ3n) is 6.64. The maximum Gasteiger partial charge on any atom is 0.269 e. The third-order valence-corrected chi connectivity index (χ3v) is 7.68. The molecule has 0 N–H and O–H groups in total. The van der Waals surface area contributed by atoms with E-state index in [0.29, 0.717) is 15.9 Å². The molecule has 0 aliphatic heterocycles. The molecule has 6 rings (SSSR count). The Morgan fingerprint density at radius 2 is 1.35 bits per heavy atom. The molecule has 0 spiro atoms. The molecule has 0 unspecified atom stereocenters. The average molecular weight is 359 g/mol. The zero-order valence-corrected chi connectivity index (χ0v) is 16.2. The molecular weight excluding hydrogens is 332 g/mol. The van der Waals surface area contributed by atoms with Crippen LogP contribution in [0.1, 0.15) is 43.2 Å². The van der Waals surface area contributed by atoms with Crippen molar-refractivity contribution in [3.05, 3.63) is 71.8 Å². The highest BCUT2D eigenvalue weighted by Gasteiger charge is 2.48. The normalized spacial score (nSPS) is 32.8. The maximum atomic E-state index is 6.67. The number of benzene rings is 2. The molecule has 0 atom stereocenters. The van der Waals surface area contributed by atoms with E-state index in [-0.39, 0.29) is 0 Å². The van der Waals surface area contributed by atoms with Gasteiger partial charge in [-0.3, -0.25) is 0 Å². The van der Waals surface area contributed by atoms with Crippen LogP contribution >= 0.6 is 0 Å². The van der Waals surface area contributed by atoms with Crippen molar-refractivity contribution in [1.29, 1.82) is 0 Å². The van der Waals surface area contributed by atoms with E-state index >= 15 is 0 Å². The van der Waals surface area contributed by atoms with E-state index in [1.807, 2.05) is 0 Å². The highest BCUT2D eigenvalue weighted by molar-refractivity contribution is 6.57. The molecule has 4 bridgehead atoms. The van der Waals surface area contributed by atoms with Gasteiger partial charge in [-0.15, -0.1) is 0 Å². The van der Waals surface area contributed by atoms with Gasteiger partial charge in [-0.05, 0) is 72.1 Å². The maximum absolute atomic E-state index is 6.67. The lowest BCUT2D eigenvalue weighted by molar-refractivity contribution is -0.0777. The molecule has 0 saturated heterocycles. The molecule has 1 nitrogen and oxygen atoms in total. The van der Waals surface area contributed by atoms with Gasteiger partial charge in [0.2, 0.25) is 0 Å². The molecule has 132 valence electrons. The number of hydrogen-bond acceptors (Lipinski definition) is 1. The predicted octanol–water partition coefficient (Wildman–Crippen LogP) is 5.65. The van der Waals surface area contributed by atoms with Gasteiger partial charge in [0.15, 0.2) is 0 Å². The molecule has 4 aliphatic rings. The quantitative estimate of drug-likeness (QED) is 0.496. The van der Waals surface area contributed by atoms with E-state index in [0.717, 1.165) is 23.7 Å². The summed E-state index contributed by atoms with van der Waals surface area (Å²) in [4.78, 5) is 0. The molecule has 0 aromatic heterocycles. The Morgan fingerprint density at radius 1 is 0.769 bits per heavy atom. The second-order valence-corrected chi connectivity index (χ2v) is 9.43. The van der Waals surface area contributed by atoms with Crippen LogP contribution in [0.25, 0.3) is 11.3 Å². The van der Waals surface area contributed by atoms with Crippen molar-refractivity contribution >= 4 is 21.0 Å².